The average Bonchev–Trinajstić information content (AvgIpc) is 2.92. The molecule has 0 amide bonds. The van der Waals surface area contributed by atoms with E-state index in [0.29, 0.717) is 12.8 Å². The van der Waals surface area contributed by atoms with Gasteiger partial charge in [0.2, 0.25) is 0 Å². The van der Waals surface area contributed by atoms with E-state index in [1.165, 1.54) is 96.3 Å². The lowest BCUT2D eigenvalue weighted by atomic mass is 10.0. The van der Waals surface area contributed by atoms with Gasteiger partial charge in [0.05, 0.1) is 0 Å². The van der Waals surface area contributed by atoms with Crippen molar-refractivity contribution in [3.63, 3.8) is 0 Å². The number of aliphatic hydroxyl groups excluding tert-OH is 1. The second-order valence-electron chi connectivity index (χ2n) is 11.0. The van der Waals surface area contributed by atoms with Crippen molar-refractivity contribution in [2.45, 2.75) is 174 Å². The zero-order chi connectivity index (χ0) is 27.8. The van der Waals surface area contributed by atoms with Gasteiger partial charge in [0.15, 0.2) is 5.78 Å². The highest BCUT2D eigenvalue weighted by atomic mass is 16.3. The summed E-state index contributed by atoms with van der Waals surface area (Å²) in [5.74, 6) is 0.0558. The highest BCUT2D eigenvalue weighted by molar-refractivity contribution is 5.82. The van der Waals surface area contributed by atoms with Gasteiger partial charge in [-0.25, -0.2) is 0 Å². The zero-order valence-electron chi connectivity index (χ0n) is 25.5. The van der Waals surface area contributed by atoms with Crippen molar-refractivity contribution < 1.29 is 9.90 Å². The van der Waals surface area contributed by atoms with E-state index in [-0.39, 0.29) is 5.78 Å². The number of hydrogen-bond acceptors (Lipinski definition) is 2. The normalized spacial score (nSPS) is 13.1. The Morgan fingerprint density at radius 1 is 0.500 bits per heavy atom. The van der Waals surface area contributed by atoms with Gasteiger partial charge >= 0.3 is 0 Å². The first-order valence-electron chi connectivity index (χ1n) is 16.5. The molecule has 0 aromatic carbocycles. The van der Waals surface area contributed by atoms with Gasteiger partial charge in [-0.3, -0.25) is 4.79 Å². The number of aliphatic hydroxyl groups is 1. The van der Waals surface area contributed by atoms with E-state index in [9.17, 15) is 9.90 Å². The molecule has 1 unspecified atom stereocenters. The smallest absolute Gasteiger partial charge is 0.161 e. The molecule has 0 saturated carbocycles. The third-order valence-electron chi connectivity index (χ3n) is 7.17. The van der Waals surface area contributed by atoms with Crippen molar-refractivity contribution in [1.82, 2.24) is 0 Å². The minimum absolute atomic E-state index is 0.0558. The number of ketones is 1. The lowest BCUT2D eigenvalue weighted by Crippen LogP contribution is -2.19. The molecule has 0 aliphatic rings. The number of hydrogen-bond donors (Lipinski definition) is 1. The second kappa shape index (κ2) is 31.8. The van der Waals surface area contributed by atoms with E-state index in [1.54, 1.807) is 0 Å². The quantitative estimate of drug-likeness (QED) is 0.0774. The van der Waals surface area contributed by atoms with Crippen LogP contribution in [0.15, 0.2) is 48.6 Å². The van der Waals surface area contributed by atoms with Crippen molar-refractivity contribution in [1.29, 1.82) is 0 Å². The summed E-state index contributed by atoms with van der Waals surface area (Å²) in [6.45, 7) is 4.49. The molecular weight excluding hydrogens is 464 g/mol. The Balaban J connectivity index is 3.44. The van der Waals surface area contributed by atoms with Crippen LogP contribution in [0.5, 0.6) is 0 Å². The van der Waals surface area contributed by atoms with Gasteiger partial charge in [0, 0.05) is 6.42 Å². The monoisotopic (exact) mass is 528 g/mol. The van der Waals surface area contributed by atoms with E-state index < -0.39 is 6.10 Å². The van der Waals surface area contributed by atoms with Crippen molar-refractivity contribution in [3.05, 3.63) is 48.6 Å². The maximum atomic E-state index is 12.2. The summed E-state index contributed by atoms with van der Waals surface area (Å²) in [7, 11) is 0. The Bertz CT molecular complexity index is 598. The molecule has 0 aliphatic carbocycles. The van der Waals surface area contributed by atoms with Gasteiger partial charge in [0.1, 0.15) is 6.10 Å². The molecule has 0 heterocycles. The molecule has 0 spiro atoms. The summed E-state index contributed by atoms with van der Waals surface area (Å²) in [6, 6.07) is 0. The van der Waals surface area contributed by atoms with E-state index >= 15 is 0 Å². The Labute approximate surface area is 238 Å². The second-order valence-corrected chi connectivity index (χ2v) is 11.0. The van der Waals surface area contributed by atoms with Crippen LogP contribution in [0.25, 0.3) is 0 Å². The molecule has 0 rings (SSSR count). The van der Waals surface area contributed by atoms with Crippen LogP contribution in [-0.4, -0.2) is 17.0 Å². The fraction of sp³-hybridized carbons (Fsp3) is 0.750. The maximum absolute atomic E-state index is 12.2. The molecule has 0 fully saturated rings. The number of carbonyl (C=O) groups excluding carboxylic acids is 1. The predicted molar refractivity (Wildman–Crippen MR) is 170 cm³/mol. The van der Waals surface area contributed by atoms with Crippen LogP contribution in [0, 0.1) is 0 Å². The fourth-order valence-corrected chi connectivity index (χ4v) is 4.59. The summed E-state index contributed by atoms with van der Waals surface area (Å²) >= 11 is 0. The average molecular weight is 529 g/mol. The van der Waals surface area contributed by atoms with Crippen molar-refractivity contribution >= 4 is 5.78 Å². The minimum Gasteiger partial charge on any atom is -0.385 e. The lowest BCUT2D eigenvalue weighted by Gasteiger charge is -2.09. The van der Waals surface area contributed by atoms with Crippen LogP contribution in [0.2, 0.25) is 0 Å². The van der Waals surface area contributed by atoms with Crippen molar-refractivity contribution in [2.75, 3.05) is 0 Å². The first-order chi connectivity index (χ1) is 18.7. The molecule has 0 aliphatic heterocycles. The number of unbranched alkanes of at least 4 members (excludes halogenated alkanes) is 16. The Hall–Kier alpha value is -1.41. The Kier molecular flexibility index (Phi) is 30.6. The Morgan fingerprint density at radius 3 is 1.32 bits per heavy atom. The van der Waals surface area contributed by atoms with Gasteiger partial charge in [-0.1, -0.05) is 133 Å². The van der Waals surface area contributed by atoms with Gasteiger partial charge in [-0.05, 0) is 77.0 Å². The van der Waals surface area contributed by atoms with Crippen LogP contribution in [-0.2, 0) is 4.79 Å². The van der Waals surface area contributed by atoms with Crippen molar-refractivity contribution in [2.24, 2.45) is 0 Å². The lowest BCUT2D eigenvalue weighted by molar-refractivity contribution is -0.127. The Morgan fingerprint density at radius 2 is 0.868 bits per heavy atom. The summed E-state index contributed by atoms with van der Waals surface area (Å²) in [5, 5.41) is 10.2. The summed E-state index contributed by atoms with van der Waals surface area (Å²) < 4.78 is 0. The first-order valence-corrected chi connectivity index (χ1v) is 16.5. The molecular formula is C36H64O2. The molecule has 0 saturated heterocycles. The van der Waals surface area contributed by atoms with Crippen LogP contribution < -0.4 is 0 Å². The van der Waals surface area contributed by atoms with Gasteiger partial charge < -0.3 is 5.11 Å². The topological polar surface area (TPSA) is 37.3 Å². The zero-order valence-corrected chi connectivity index (χ0v) is 25.5. The number of rotatable bonds is 29. The van der Waals surface area contributed by atoms with Crippen LogP contribution in [0.1, 0.15) is 168 Å². The largest absolute Gasteiger partial charge is 0.385 e. The third kappa shape index (κ3) is 29.2. The van der Waals surface area contributed by atoms with Crippen LogP contribution in [0.4, 0.5) is 0 Å². The standard InChI is InChI=1S/C36H64O2/c1-3-5-7-9-11-13-15-17-19-21-23-25-27-29-31-33-35(37)36(38)34-32-30-28-26-24-22-20-18-16-14-12-10-8-6-4-2/h11-14,17-20,35,37H,3-10,15-16,21-34H2,1-2H3. The molecule has 1 N–H and O–H groups in total. The molecule has 2 nitrogen and oxygen atoms in total. The van der Waals surface area contributed by atoms with Crippen LogP contribution in [0.3, 0.4) is 0 Å². The number of allylic oxidation sites excluding steroid dienone is 8. The highest BCUT2D eigenvalue weighted by Crippen LogP contribution is 2.13. The summed E-state index contributed by atoms with van der Waals surface area (Å²) in [4.78, 5) is 12.2. The molecule has 38 heavy (non-hydrogen) atoms. The molecule has 2 heteroatoms. The van der Waals surface area contributed by atoms with Crippen LogP contribution >= 0.6 is 0 Å². The molecule has 1 atom stereocenters. The maximum Gasteiger partial charge on any atom is 0.161 e. The molecule has 220 valence electrons. The third-order valence-corrected chi connectivity index (χ3v) is 7.17. The highest BCUT2D eigenvalue weighted by Gasteiger charge is 2.13. The number of Topliss-reactive ketones (excluding diaryl/α,β-unsaturated/α-hetero) is 1. The van der Waals surface area contributed by atoms with E-state index in [2.05, 4.69) is 62.5 Å². The van der Waals surface area contributed by atoms with E-state index in [1.807, 2.05) is 0 Å². The van der Waals surface area contributed by atoms with E-state index in [4.69, 9.17) is 0 Å². The first kappa shape index (κ1) is 36.6. The number of carbonyl (C=O) groups is 1. The van der Waals surface area contributed by atoms with E-state index in [0.717, 1.165) is 44.9 Å². The van der Waals surface area contributed by atoms with Gasteiger partial charge in [-0.2, -0.15) is 0 Å². The fourth-order valence-electron chi connectivity index (χ4n) is 4.59. The molecule has 0 bridgehead atoms. The predicted octanol–water partition coefficient (Wildman–Crippen LogP) is 11.5. The SMILES string of the molecule is CCCCCC=CCC=CCCCCCCCC(=O)C(O)CCCCCCCC=CCC=CCCCCC. The minimum atomic E-state index is -0.737. The van der Waals surface area contributed by atoms with Gasteiger partial charge in [0.25, 0.3) is 0 Å². The van der Waals surface area contributed by atoms with Crippen molar-refractivity contribution in [3.8, 4) is 0 Å². The molecule has 0 aromatic heterocycles. The summed E-state index contributed by atoms with van der Waals surface area (Å²) in [5.41, 5.74) is 0. The molecule has 0 aromatic rings. The molecule has 0 radical (unpaired) electrons. The summed E-state index contributed by atoms with van der Waals surface area (Å²) in [6.07, 6.45) is 45.1. The van der Waals surface area contributed by atoms with Gasteiger partial charge in [-0.15, -0.1) is 0 Å².